The van der Waals surface area contributed by atoms with Crippen LogP contribution in [0.1, 0.15) is 20.8 Å². The summed E-state index contributed by atoms with van der Waals surface area (Å²) in [6, 6.07) is 42.8. The highest BCUT2D eigenvalue weighted by Crippen LogP contribution is 2.42. The standard InChI is InChI=1S/C38H31F2N/c1-38(2,3)41(35-19-10-9-18-34(35)39)36-25-30(26-12-5-4-6-13-26)24-33(37(36)40)29-22-20-28(21-23-29)32-17-11-15-27-14-7-8-16-31(27)32/h4-25H,1-3H3. The van der Waals surface area contributed by atoms with E-state index < -0.39 is 11.4 Å². The van der Waals surface area contributed by atoms with E-state index in [-0.39, 0.29) is 5.82 Å². The predicted molar refractivity (Wildman–Crippen MR) is 169 cm³/mol. The third kappa shape index (κ3) is 5.12. The largest absolute Gasteiger partial charge is 0.331 e. The van der Waals surface area contributed by atoms with Gasteiger partial charge in [0.1, 0.15) is 5.82 Å². The molecule has 202 valence electrons. The molecule has 6 rings (SSSR count). The molecule has 0 unspecified atom stereocenters. The topological polar surface area (TPSA) is 3.24 Å². The Morgan fingerprint density at radius 3 is 1.80 bits per heavy atom. The van der Waals surface area contributed by atoms with E-state index in [0.717, 1.165) is 27.8 Å². The maximum absolute atomic E-state index is 16.7. The Bertz CT molecular complexity index is 1830. The summed E-state index contributed by atoms with van der Waals surface area (Å²) in [6.45, 7) is 5.89. The number of benzene rings is 6. The Balaban J connectivity index is 1.53. The highest BCUT2D eigenvalue weighted by Gasteiger charge is 2.30. The van der Waals surface area contributed by atoms with Crippen LogP contribution in [-0.4, -0.2) is 5.54 Å². The normalized spacial score (nSPS) is 11.5. The lowest BCUT2D eigenvalue weighted by atomic mass is 9.93. The van der Waals surface area contributed by atoms with Crippen molar-refractivity contribution in [3.8, 4) is 33.4 Å². The maximum Gasteiger partial charge on any atom is 0.154 e. The molecule has 0 bridgehead atoms. The summed E-state index contributed by atoms with van der Waals surface area (Å²) >= 11 is 0. The van der Waals surface area contributed by atoms with Gasteiger partial charge in [0.15, 0.2) is 5.82 Å². The fraction of sp³-hybridized carbons (Fsp3) is 0.105. The number of para-hydroxylation sites is 1. The third-order valence-corrected chi connectivity index (χ3v) is 7.46. The molecule has 0 fully saturated rings. The van der Waals surface area contributed by atoms with E-state index in [4.69, 9.17) is 0 Å². The molecule has 0 amide bonds. The molecule has 0 aliphatic rings. The van der Waals surface area contributed by atoms with Crippen molar-refractivity contribution < 1.29 is 8.78 Å². The molecule has 0 heterocycles. The number of halogens is 2. The van der Waals surface area contributed by atoms with E-state index in [1.165, 1.54) is 16.8 Å². The van der Waals surface area contributed by atoms with Crippen LogP contribution in [0.3, 0.4) is 0 Å². The monoisotopic (exact) mass is 539 g/mol. The van der Waals surface area contributed by atoms with Crippen molar-refractivity contribution in [2.75, 3.05) is 4.90 Å². The summed E-state index contributed by atoms with van der Waals surface area (Å²) in [6.07, 6.45) is 0. The van der Waals surface area contributed by atoms with Crippen molar-refractivity contribution in [2.24, 2.45) is 0 Å². The molecule has 41 heavy (non-hydrogen) atoms. The number of hydrogen-bond acceptors (Lipinski definition) is 1. The minimum atomic E-state index is -0.603. The molecule has 6 aromatic carbocycles. The van der Waals surface area contributed by atoms with Gasteiger partial charge in [0.25, 0.3) is 0 Å². The number of anilines is 2. The molecule has 3 heteroatoms. The Kier molecular flexibility index (Phi) is 6.88. The summed E-state index contributed by atoms with van der Waals surface area (Å²) in [4.78, 5) is 1.76. The van der Waals surface area contributed by atoms with E-state index in [1.54, 1.807) is 23.1 Å². The number of nitrogens with zero attached hydrogens (tertiary/aromatic N) is 1. The molecule has 1 nitrogen and oxygen atoms in total. The van der Waals surface area contributed by atoms with Gasteiger partial charge in [-0.05, 0) is 83.6 Å². The molecule has 0 aliphatic heterocycles. The Morgan fingerprint density at radius 2 is 1.10 bits per heavy atom. The molecule has 0 N–H and O–H groups in total. The Hall–Kier alpha value is -4.76. The van der Waals surface area contributed by atoms with Gasteiger partial charge in [-0.25, -0.2) is 8.78 Å². The van der Waals surface area contributed by atoms with Crippen LogP contribution in [0.15, 0.2) is 133 Å². The van der Waals surface area contributed by atoms with Crippen LogP contribution in [0.5, 0.6) is 0 Å². The lowest BCUT2D eigenvalue weighted by molar-refractivity contribution is 0.527. The zero-order chi connectivity index (χ0) is 28.6. The molecule has 6 aromatic rings. The van der Waals surface area contributed by atoms with E-state index >= 15 is 8.78 Å². The lowest BCUT2D eigenvalue weighted by Crippen LogP contribution is -2.38. The minimum absolute atomic E-state index is 0.331. The number of rotatable bonds is 5. The van der Waals surface area contributed by atoms with Crippen molar-refractivity contribution in [2.45, 2.75) is 26.3 Å². The van der Waals surface area contributed by atoms with E-state index in [1.807, 2.05) is 99.6 Å². The average Bonchev–Trinajstić information content (AvgIpc) is 2.99. The average molecular weight is 540 g/mol. The highest BCUT2D eigenvalue weighted by atomic mass is 19.1. The van der Waals surface area contributed by atoms with Crippen LogP contribution in [0.25, 0.3) is 44.2 Å². The zero-order valence-corrected chi connectivity index (χ0v) is 23.4. The maximum atomic E-state index is 16.7. The zero-order valence-electron chi connectivity index (χ0n) is 23.4. The van der Waals surface area contributed by atoms with Gasteiger partial charge < -0.3 is 4.90 Å². The molecule has 0 saturated heterocycles. The van der Waals surface area contributed by atoms with Crippen molar-refractivity contribution >= 4 is 22.1 Å². The van der Waals surface area contributed by atoms with Gasteiger partial charge in [0.05, 0.1) is 11.4 Å². The first-order chi connectivity index (χ1) is 19.8. The molecular formula is C38H31F2N. The second-order valence-electron chi connectivity index (χ2n) is 11.3. The molecule has 0 aliphatic carbocycles. The quantitative estimate of drug-likeness (QED) is 0.211. The SMILES string of the molecule is CC(C)(C)N(c1ccccc1F)c1cc(-c2ccccc2)cc(-c2ccc(-c3cccc4ccccc34)cc2)c1F. The third-order valence-electron chi connectivity index (χ3n) is 7.46. The first-order valence-electron chi connectivity index (χ1n) is 13.8. The van der Waals surface area contributed by atoms with Gasteiger partial charge in [-0.1, -0.05) is 109 Å². The summed E-state index contributed by atoms with van der Waals surface area (Å²) in [7, 11) is 0. The second kappa shape index (κ2) is 10.7. The van der Waals surface area contributed by atoms with E-state index in [2.05, 4.69) is 30.3 Å². The van der Waals surface area contributed by atoms with Crippen LogP contribution in [-0.2, 0) is 0 Å². The van der Waals surface area contributed by atoms with Gasteiger partial charge in [-0.3, -0.25) is 0 Å². The summed E-state index contributed by atoms with van der Waals surface area (Å²) in [5.41, 5.74) is 5.31. The molecule has 0 radical (unpaired) electrons. The lowest BCUT2D eigenvalue weighted by Gasteiger charge is -2.38. The van der Waals surface area contributed by atoms with Gasteiger partial charge >= 0.3 is 0 Å². The molecule has 0 saturated carbocycles. The van der Waals surface area contributed by atoms with Crippen molar-refractivity contribution in [3.63, 3.8) is 0 Å². The first kappa shape index (κ1) is 26.5. The Labute approximate surface area is 240 Å². The van der Waals surface area contributed by atoms with Gasteiger partial charge in [0, 0.05) is 11.1 Å². The number of fused-ring (bicyclic) bond motifs is 1. The Morgan fingerprint density at radius 1 is 0.488 bits per heavy atom. The van der Waals surface area contributed by atoms with Gasteiger partial charge in [0.2, 0.25) is 0 Å². The van der Waals surface area contributed by atoms with Crippen molar-refractivity contribution in [3.05, 3.63) is 145 Å². The highest BCUT2D eigenvalue weighted by molar-refractivity contribution is 5.97. The van der Waals surface area contributed by atoms with Gasteiger partial charge in [-0.15, -0.1) is 0 Å². The molecule has 0 spiro atoms. The summed E-state index contributed by atoms with van der Waals surface area (Å²) < 4.78 is 31.9. The summed E-state index contributed by atoms with van der Waals surface area (Å²) in [5, 5.41) is 2.35. The minimum Gasteiger partial charge on any atom is -0.331 e. The predicted octanol–water partition coefficient (Wildman–Crippen LogP) is 11.1. The van der Waals surface area contributed by atoms with Gasteiger partial charge in [-0.2, -0.15) is 0 Å². The van der Waals surface area contributed by atoms with E-state index in [0.29, 0.717) is 16.9 Å². The second-order valence-corrected chi connectivity index (χ2v) is 11.3. The van der Waals surface area contributed by atoms with Crippen LogP contribution in [0, 0.1) is 11.6 Å². The molecule has 0 atom stereocenters. The number of hydrogen-bond donors (Lipinski definition) is 0. The van der Waals surface area contributed by atoms with Crippen molar-refractivity contribution in [1.82, 2.24) is 0 Å². The molecular weight excluding hydrogens is 508 g/mol. The fourth-order valence-corrected chi connectivity index (χ4v) is 5.57. The van der Waals surface area contributed by atoms with Crippen LogP contribution < -0.4 is 4.90 Å². The van der Waals surface area contributed by atoms with Crippen molar-refractivity contribution in [1.29, 1.82) is 0 Å². The summed E-state index contributed by atoms with van der Waals surface area (Å²) in [5.74, 6) is -0.784. The molecule has 0 aromatic heterocycles. The van der Waals surface area contributed by atoms with Crippen LogP contribution >= 0.6 is 0 Å². The smallest absolute Gasteiger partial charge is 0.154 e. The van der Waals surface area contributed by atoms with Crippen LogP contribution in [0.4, 0.5) is 20.2 Å². The fourth-order valence-electron chi connectivity index (χ4n) is 5.57. The van der Waals surface area contributed by atoms with Crippen LogP contribution in [0.2, 0.25) is 0 Å². The van der Waals surface area contributed by atoms with E-state index in [9.17, 15) is 0 Å². The first-order valence-corrected chi connectivity index (χ1v) is 13.8.